The van der Waals surface area contributed by atoms with E-state index in [1.54, 1.807) is 0 Å². The van der Waals surface area contributed by atoms with Gasteiger partial charge in [-0.15, -0.1) is 0 Å². The fraction of sp³-hybridized carbons (Fsp3) is 0.519. The molecule has 5 nitrogen and oxygen atoms in total. The van der Waals surface area contributed by atoms with Crippen molar-refractivity contribution in [1.29, 1.82) is 0 Å². The fourth-order valence-corrected chi connectivity index (χ4v) is 11.2. The lowest BCUT2D eigenvalue weighted by Gasteiger charge is -2.43. The van der Waals surface area contributed by atoms with Crippen molar-refractivity contribution in [3.8, 4) is 0 Å². The van der Waals surface area contributed by atoms with Crippen LogP contribution < -0.4 is 0 Å². The van der Waals surface area contributed by atoms with Crippen LogP contribution in [-0.4, -0.2) is 43.8 Å². The number of carbonyl (C=O) groups is 1. The first-order valence-electron chi connectivity index (χ1n) is 12.9. The van der Waals surface area contributed by atoms with E-state index in [0.717, 1.165) is 36.4 Å². The Bertz CT molecular complexity index is 1420. The van der Waals surface area contributed by atoms with Gasteiger partial charge in [0.15, 0.2) is 19.7 Å². The van der Waals surface area contributed by atoms with Crippen molar-refractivity contribution in [2.45, 2.75) is 58.3 Å². The molecular weight excluding hydrogens is 742 g/mol. The van der Waals surface area contributed by atoms with E-state index in [0.29, 0.717) is 12.1 Å². The highest BCUT2D eigenvalue weighted by Gasteiger charge is 2.50. The molecule has 0 saturated heterocycles. The zero-order valence-corrected chi connectivity index (χ0v) is 26.5. The van der Waals surface area contributed by atoms with Crippen LogP contribution in [0.2, 0.25) is 0 Å². The average molecular weight is 768 g/mol. The highest BCUT2D eigenvalue weighted by Crippen LogP contribution is 2.47. The van der Waals surface area contributed by atoms with E-state index in [-0.39, 0.29) is 54.0 Å². The van der Waals surface area contributed by atoms with Crippen molar-refractivity contribution >= 4 is 57.3 Å². The molecule has 0 N–H and O–H groups in total. The molecule has 2 atom stereocenters. The van der Waals surface area contributed by atoms with Gasteiger partial charge in [0.05, 0.1) is 31.4 Å². The Morgan fingerprint density at radius 1 is 0.690 bits per heavy atom. The van der Waals surface area contributed by atoms with Crippen LogP contribution in [0.5, 0.6) is 0 Å². The standard InChI is InChI=1S/C27H26Br2F6O5S2/c28-13-23(15-7-21(8-15)41(37,38)19-5-1-3-17(11-19)26(30,31)32)25(36)24(14-29)16-9-22(10-16)42(39,40)20-6-2-4-18(12-20)27(33,34)35/h1-6,11-12,15-16,21-24H,7-10,13-14H2. The number of hydrogen-bond acceptors (Lipinski definition) is 5. The quantitative estimate of drug-likeness (QED) is 0.190. The van der Waals surface area contributed by atoms with Crippen LogP contribution in [0.25, 0.3) is 0 Å². The zero-order valence-electron chi connectivity index (χ0n) is 21.7. The summed E-state index contributed by atoms with van der Waals surface area (Å²) in [5.41, 5.74) is -2.14. The third-order valence-electron chi connectivity index (χ3n) is 8.32. The summed E-state index contributed by atoms with van der Waals surface area (Å²) in [4.78, 5) is 12.7. The van der Waals surface area contributed by atoms with Crippen molar-refractivity contribution < 1.29 is 48.0 Å². The van der Waals surface area contributed by atoms with Gasteiger partial charge in [-0.3, -0.25) is 4.79 Å². The number of alkyl halides is 8. The summed E-state index contributed by atoms with van der Waals surface area (Å²) in [6.07, 6.45) is -9.03. The lowest BCUT2D eigenvalue weighted by molar-refractivity contribution is -0.138. The summed E-state index contributed by atoms with van der Waals surface area (Å²) in [7, 11) is -8.11. The largest absolute Gasteiger partial charge is 0.416 e. The molecule has 0 aromatic heterocycles. The smallest absolute Gasteiger partial charge is 0.299 e. The second kappa shape index (κ2) is 12.2. The van der Waals surface area contributed by atoms with E-state index >= 15 is 0 Å². The molecular formula is C27H26Br2F6O5S2. The normalized spacial score (nSPS) is 24.8. The van der Waals surface area contributed by atoms with E-state index in [1.807, 2.05) is 0 Å². The summed E-state index contributed by atoms with van der Waals surface area (Å²) in [6, 6.07) is 7.11. The molecule has 2 unspecified atom stereocenters. The molecule has 2 aromatic carbocycles. The van der Waals surface area contributed by atoms with Gasteiger partial charge in [0.1, 0.15) is 5.78 Å². The van der Waals surface area contributed by atoms with E-state index < -0.39 is 75.3 Å². The molecule has 2 aliphatic carbocycles. The summed E-state index contributed by atoms with van der Waals surface area (Å²) in [5.74, 6) is -2.06. The Morgan fingerprint density at radius 3 is 1.31 bits per heavy atom. The van der Waals surface area contributed by atoms with Gasteiger partial charge in [0.25, 0.3) is 0 Å². The molecule has 0 spiro atoms. The van der Waals surface area contributed by atoms with Crippen molar-refractivity contribution in [1.82, 2.24) is 0 Å². The van der Waals surface area contributed by atoms with Gasteiger partial charge in [-0.1, -0.05) is 44.0 Å². The Labute approximate surface area is 256 Å². The number of carbonyl (C=O) groups excluding carboxylic acids is 1. The molecule has 0 heterocycles. The highest BCUT2D eigenvalue weighted by atomic mass is 79.9. The molecule has 15 heteroatoms. The Morgan fingerprint density at radius 2 is 1.02 bits per heavy atom. The maximum atomic E-state index is 13.5. The third kappa shape index (κ3) is 6.63. The maximum absolute atomic E-state index is 13.5. The first kappa shape index (κ1) is 33.4. The molecule has 2 aliphatic rings. The first-order valence-corrected chi connectivity index (χ1v) is 18.2. The molecule has 0 bridgehead atoms. The highest BCUT2D eigenvalue weighted by molar-refractivity contribution is 9.09. The van der Waals surface area contributed by atoms with Crippen LogP contribution >= 0.6 is 31.9 Å². The molecule has 0 radical (unpaired) electrons. The molecule has 2 fully saturated rings. The van der Waals surface area contributed by atoms with Gasteiger partial charge >= 0.3 is 12.4 Å². The van der Waals surface area contributed by atoms with Crippen molar-refractivity contribution in [2.75, 3.05) is 10.7 Å². The van der Waals surface area contributed by atoms with Crippen LogP contribution in [-0.2, 0) is 36.8 Å². The lowest BCUT2D eigenvalue weighted by atomic mass is 9.67. The Balaban J connectivity index is 1.40. The molecule has 42 heavy (non-hydrogen) atoms. The number of sulfone groups is 2. The number of Topliss-reactive ketones (excluding diaryl/α,β-unsaturated/α-hetero) is 1. The van der Waals surface area contributed by atoms with Crippen LogP contribution in [0.4, 0.5) is 26.3 Å². The molecule has 232 valence electrons. The summed E-state index contributed by atoms with van der Waals surface area (Å²) in [6.45, 7) is 0. The summed E-state index contributed by atoms with van der Waals surface area (Å²) >= 11 is 6.65. The maximum Gasteiger partial charge on any atom is 0.416 e. The number of ketones is 1. The van der Waals surface area contributed by atoms with Crippen LogP contribution in [0.3, 0.4) is 0 Å². The van der Waals surface area contributed by atoms with E-state index in [2.05, 4.69) is 31.9 Å². The lowest BCUT2D eigenvalue weighted by Crippen LogP contribution is -2.48. The molecule has 0 aliphatic heterocycles. The summed E-state index contributed by atoms with van der Waals surface area (Å²) < 4.78 is 131. The van der Waals surface area contributed by atoms with Gasteiger partial charge in [-0.05, 0) is 73.9 Å². The molecule has 2 saturated carbocycles. The van der Waals surface area contributed by atoms with Crippen LogP contribution in [0.15, 0.2) is 58.3 Å². The minimum Gasteiger partial charge on any atom is -0.299 e. The number of hydrogen-bond donors (Lipinski definition) is 0. The number of rotatable bonds is 10. The fourth-order valence-electron chi connectivity index (χ4n) is 5.60. The zero-order chi connectivity index (χ0) is 31.3. The minimum atomic E-state index is -4.70. The van der Waals surface area contributed by atoms with Gasteiger partial charge in [-0.2, -0.15) is 26.3 Å². The van der Waals surface area contributed by atoms with Crippen LogP contribution in [0, 0.1) is 23.7 Å². The second-order valence-electron chi connectivity index (χ2n) is 10.8. The van der Waals surface area contributed by atoms with E-state index in [4.69, 9.17) is 0 Å². The monoisotopic (exact) mass is 766 g/mol. The summed E-state index contributed by atoms with van der Waals surface area (Å²) in [5, 5.41) is -1.44. The SMILES string of the molecule is O=C(C(CBr)C1CC(S(=O)(=O)c2cccc(C(F)(F)F)c2)C1)C(CBr)C1CC(S(=O)(=O)c2cccc(C(F)(F)F)c2)C1. The Kier molecular flexibility index (Phi) is 9.68. The van der Waals surface area contributed by atoms with Gasteiger partial charge < -0.3 is 0 Å². The van der Waals surface area contributed by atoms with Gasteiger partial charge in [-0.25, -0.2) is 16.8 Å². The van der Waals surface area contributed by atoms with Crippen LogP contribution in [0.1, 0.15) is 36.8 Å². The predicted molar refractivity (Wildman–Crippen MR) is 150 cm³/mol. The molecule has 4 rings (SSSR count). The van der Waals surface area contributed by atoms with Crippen molar-refractivity contribution in [3.63, 3.8) is 0 Å². The van der Waals surface area contributed by atoms with Crippen molar-refractivity contribution in [2.24, 2.45) is 23.7 Å². The van der Waals surface area contributed by atoms with Gasteiger partial charge in [0, 0.05) is 22.5 Å². The van der Waals surface area contributed by atoms with E-state index in [1.165, 1.54) is 0 Å². The topological polar surface area (TPSA) is 85.3 Å². The first-order chi connectivity index (χ1) is 19.4. The van der Waals surface area contributed by atoms with Gasteiger partial charge in [0.2, 0.25) is 0 Å². The molecule has 2 aromatic rings. The van der Waals surface area contributed by atoms with Crippen molar-refractivity contribution in [3.05, 3.63) is 59.7 Å². The second-order valence-corrected chi connectivity index (χ2v) is 16.5. The predicted octanol–water partition coefficient (Wildman–Crippen LogP) is 7.12. The number of halogens is 8. The molecule has 0 amide bonds. The third-order valence-corrected chi connectivity index (χ3v) is 14.1. The Hall–Kier alpha value is -1.45. The van der Waals surface area contributed by atoms with E-state index in [9.17, 15) is 48.0 Å². The number of benzene rings is 2. The minimum absolute atomic E-state index is 0.0901. The average Bonchev–Trinajstić information content (AvgIpc) is 2.86.